The SMILES string of the molecule is CCN1C(=C(C=O)C=O)Sc2ccccc21. The first-order chi connectivity index (χ1) is 7.81. The third-order valence-corrected chi connectivity index (χ3v) is 3.64. The highest BCUT2D eigenvalue weighted by molar-refractivity contribution is 8.03. The zero-order chi connectivity index (χ0) is 11.5. The second-order valence-electron chi connectivity index (χ2n) is 3.31. The van der Waals surface area contributed by atoms with Crippen LogP contribution in [-0.2, 0) is 9.59 Å². The Labute approximate surface area is 98.1 Å². The van der Waals surface area contributed by atoms with E-state index in [4.69, 9.17) is 0 Å². The number of rotatable bonds is 3. The molecule has 0 aromatic heterocycles. The molecule has 1 aromatic carbocycles. The van der Waals surface area contributed by atoms with Gasteiger partial charge in [0.05, 0.1) is 16.3 Å². The number of para-hydroxylation sites is 1. The molecule has 0 radical (unpaired) electrons. The number of carbonyl (C=O) groups excluding carboxylic acids is 2. The molecule has 0 unspecified atom stereocenters. The number of nitrogens with zero attached hydrogens (tertiary/aromatic N) is 1. The van der Waals surface area contributed by atoms with Crippen molar-refractivity contribution in [2.24, 2.45) is 0 Å². The van der Waals surface area contributed by atoms with Crippen LogP contribution in [0.2, 0.25) is 0 Å². The normalized spacial score (nSPS) is 13.6. The van der Waals surface area contributed by atoms with Gasteiger partial charge in [0.25, 0.3) is 0 Å². The number of anilines is 1. The fraction of sp³-hybridized carbons (Fsp3) is 0.167. The summed E-state index contributed by atoms with van der Waals surface area (Å²) in [6, 6.07) is 7.88. The molecule has 1 heterocycles. The fourth-order valence-corrected chi connectivity index (χ4v) is 2.88. The molecule has 0 N–H and O–H groups in total. The Hall–Kier alpha value is -1.55. The van der Waals surface area contributed by atoms with Crippen LogP contribution in [0, 0.1) is 0 Å². The summed E-state index contributed by atoms with van der Waals surface area (Å²) in [7, 11) is 0. The zero-order valence-electron chi connectivity index (χ0n) is 8.84. The van der Waals surface area contributed by atoms with E-state index in [0.717, 1.165) is 22.2 Å². The van der Waals surface area contributed by atoms with Gasteiger partial charge in [-0.2, -0.15) is 0 Å². The predicted molar refractivity (Wildman–Crippen MR) is 64.5 cm³/mol. The van der Waals surface area contributed by atoms with E-state index in [9.17, 15) is 9.59 Å². The van der Waals surface area contributed by atoms with E-state index in [1.807, 2.05) is 36.1 Å². The van der Waals surface area contributed by atoms with E-state index in [-0.39, 0.29) is 5.57 Å². The molecule has 2 rings (SSSR count). The largest absolute Gasteiger partial charge is 0.335 e. The van der Waals surface area contributed by atoms with E-state index >= 15 is 0 Å². The molecule has 82 valence electrons. The highest BCUT2D eigenvalue weighted by Gasteiger charge is 2.25. The zero-order valence-corrected chi connectivity index (χ0v) is 9.66. The van der Waals surface area contributed by atoms with E-state index in [2.05, 4.69) is 0 Å². The molecular formula is C12H11NO2S. The van der Waals surface area contributed by atoms with Gasteiger partial charge in [0.2, 0.25) is 0 Å². The Morgan fingerprint density at radius 1 is 1.31 bits per heavy atom. The second-order valence-corrected chi connectivity index (χ2v) is 4.34. The number of thioether (sulfide) groups is 1. The lowest BCUT2D eigenvalue weighted by Crippen LogP contribution is -2.18. The van der Waals surface area contributed by atoms with Gasteiger partial charge in [-0.3, -0.25) is 9.59 Å². The lowest BCUT2D eigenvalue weighted by Gasteiger charge is -2.18. The van der Waals surface area contributed by atoms with Crippen molar-refractivity contribution in [1.82, 2.24) is 0 Å². The fourth-order valence-electron chi connectivity index (χ4n) is 1.69. The van der Waals surface area contributed by atoms with Crippen LogP contribution >= 0.6 is 11.8 Å². The summed E-state index contributed by atoms with van der Waals surface area (Å²) in [4.78, 5) is 24.7. The average Bonchev–Trinajstić information content (AvgIpc) is 2.69. The molecule has 0 atom stereocenters. The molecule has 4 heteroatoms. The molecule has 0 bridgehead atoms. The lowest BCUT2D eigenvalue weighted by atomic mass is 10.2. The Morgan fingerprint density at radius 2 is 2.00 bits per heavy atom. The van der Waals surface area contributed by atoms with Crippen molar-refractivity contribution in [2.75, 3.05) is 11.4 Å². The Morgan fingerprint density at radius 3 is 2.62 bits per heavy atom. The minimum absolute atomic E-state index is 0.211. The molecule has 0 amide bonds. The molecule has 16 heavy (non-hydrogen) atoms. The van der Waals surface area contributed by atoms with E-state index < -0.39 is 0 Å². The molecule has 1 aliphatic rings. The number of hydrogen-bond donors (Lipinski definition) is 0. The van der Waals surface area contributed by atoms with Gasteiger partial charge in [0, 0.05) is 11.4 Å². The van der Waals surface area contributed by atoms with Gasteiger partial charge in [-0.15, -0.1) is 0 Å². The second kappa shape index (κ2) is 4.53. The van der Waals surface area contributed by atoms with Crippen LogP contribution in [0.3, 0.4) is 0 Å². The van der Waals surface area contributed by atoms with Crippen LogP contribution in [-0.4, -0.2) is 19.1 Å². The molecule has 0 saturated carbocycles. The van der Waals surface area contributed by atoms with Crippen molar-refractivity contribution in [1.29, 1.82) is 0 Å². The number of aldehydes is 2. The molecule has 0 aliphatic carbocycles. The van der Waals surface area contributed by atoms with E-state index in [1.165, 1.54) is 11.8 Å². The molecule has 3 nitrogen and oxygen atoms in total. The van der Waals surface area contributed by atoms with E-state index in [0.29, 0.717) is 12.6 Å². The van der Waals surface area contributed by atoms with Gasteiger partial charge in [0.1, 0.15) is 0 Å². The monoisotopic (exact) mass is 233 g/mol. The molecular weight excluding hydrogens is 222 g/mol. The maximum atomic E-state index is 10.8. The van der Waals surface area contributed by atoms with Crippen molar-refractivity contribution in [3.05, 3.63) is 34.9 Å². The summed E-state index contributed by atoms with van der Waals surface area (Å²) in [6.45, 7) is 2.74. The summed E-state index contributed by atoms with van der Waals surface area (Å²) in [5.41, 5.74) is 1.27. The summed E-state index contributed by atoms with van der Waals surface area (Å²) in [5, 5.41) is 0.730. The molecule has 0 saturated heterocycles. The third kappa shape index (κ3) is 1.65. The number of allylic oxidation sites excluding steroid dienone is 1. The van der Waals surface area contributed by atoms with Gasteiger partial charge >= 0.3 is 0 Å². The topological polar surface area (TPSA) is 37.4 Å². The summed E-state index contributed by atoms with van der Waals surface area (Å²) in [6.07, 6.45) is 1.23. The predicted octanol–water partition coefficient (Wildman–Crippen LogP) is 2.23. The van der Waals surface area contributed by atoms with Crippen LogP contribution in [0.1, 0.15) is 6.92 Å². The standard InChI is InChI=1S/C12H11NO2S/c1-2-13-10-5-3-4-6-11(10)16-12(13)9(7-14)8-15/h3-8H,2H2,1H3. The maximum absolute atomic E-state index is 10.8. The Balaban J connectivity index is 2.53. The Bertz CT molecular complexity index is 458. The number of benzene rings is 1. The highest BCUT2D eigenvalue weighted by atomic mass is 32.2. The summed E-state index contributed by atoms with van der Waals surface area (Å²) >= 11 is 1.47. The first-order valence-electron chi connectivity index (χ1n) is 5.00. The average molecular weight is 233 g/mol. The van der Waals surface area contributed by atoms with Crippen molar-refractivity contribution in [3.8, 4) is 0 Å². The molecule has 0 spiro atoms. The first kappa shape index (κ1) is 11.0. The van der Waals surface area contributed by atoms with Crippen LogP contribution in [0.5, 0.6) is 0 Å². The first-order valence-corrected chi connectivity index (χ1v) is 5.82. The Kier molecular flexibility index (Phi) is 3.10. The van der Waals surface area contributed by atoms with Crippen LogP contribution < -0.4 is 4.90 Å². The van der Waals surface area contributed by atoms with Crippen molar-refractivity contribution in [2.45, 2.75) is 11.8 Å². The van der Waals surface area contributed by atoms with Crippen molar-refractivity contribution >= 4 is 30.0 Å². The maximum Gasteiger partial charge on any atom is 0.156 e. The minimum Gasteiger partial charge on any atom is -0.335 e. The summed E-state index contributed by atoms with van der Waals surface area (Å²) < 4.78 is 0. The van der Waals surface area contributed by atoms with E-state index in [1.54, 1.807) is 0 Å². The van der Waals surface area contributed by atoms with Crippen molar-refractivity contribution < 1.29 is 9.59 Å². The lowest BCUT2D eigenvalue weighted by molar-refractivity contribution is -0.109. The molecule has 0 fully saturated rings. The van der Waals surface area contributed by atoms with Gasteiger partial charge in [-0.1, -0.05) is 23.9 Å². The third-order valence-electron chi connectivity index (χ3n) is 2.42. The van der Waals surface area contributed by atoms with Crippen LogP contribution in [0.15, 0.2) is 39.8 Å². The smallest absolute Gasteiger partial charge is 0.156 e. The minimum atomic E-state index is 0.211. The van der Waals surface area contributed by atoms with Gasteiger partial charge in [-0.05, 0) is 19.1 Å². The molecule has 1 aliphatic heterocycles. The van der Waals surface area contributed by atoms with Crippen molar-refractivity contribution in [3.63, 3.8) is 0 Å². The summed E-state index contributed by atoms with van der Waals surface area (Å²) in [5.74, 6) is 0. The number of hydrogen-bond acceptors (Lipinski definition) is 4. The van der Waals surface area contributed by atoms with Gasteiger partial charge in [0.15, 0.2) is 12.6 Å². The highest BCUT2D eigenvalue weighted by Crippen LogP contribution is 2.46. The number of carbonyl (C=O) groups is 2. The van der Waals surface area contributed by atoms with Crippen LogP contribution in [0.25, 0.3) is 0 Å². The number of fused-ring (bicyclic) bond motifs is 1. The van der Waals surface area contributed by atoms with Crippen LogP contribution in [0.4, 0.5) is 5.69 Å². The quantitative estimate of drug-likeness (QED) is 0.347. The van der Waals surface area contributed by atoms with Gasteiger partial charge in [-0.25, -0.2) is 0 Å². The van der Waals surface area contributed by atoms with Gasteiger partial charge < -0.3 is 4.90 Å². The molecule has 1 aromatic rings.